The van der Waals surface area contributed by atoms with Gasteiger partial charge >= 0.3 is 11.8 Å². The Morgan fingerprint density at radius 1 is 0.917 bits per heavy atom. The number of nitrogens with zero attached hydrogens (tertiary/aromatic N) is 1. The maximum absolute atomic E-state index is 12.7. The van der Waals surface area contributed by atoms with Crippen LogP contribution in [-0.4, -0.2) is 37.5 Å². The Morgan fingerprint density at radius 2 is 1.69 bits per heavy atom. The van der Waals surface area contributed by atoms with Crippen LogP contribution < -0.4 is 21.9 Å². The largest absolute Gasteiger partial charge is 0.506 e. The van der Waals surface area contributed by atoms with Crippen molar-refractivity contribution in [2.24, 2.45) is 0 Å². The van der Waals surface area contributed by atoms with Gasteiger partial charge in [0.2, 0.25) is 5.56 Å². The molecule has 0 unspecified atom stereocenters. The number of aliphatic hydroxyl groups excluding tert-OH is 1. The average molecular weight is 661 g/mol. The summed E-state index contributed by atoms with van der Waals surface area (Å²) < 4.78 is 7.13. The van der Waals surface area contributed by atoms with Crippen LogP contribution in [0.5, 0.6) is 5.75 Å². The second-order valence-corrected chi connectivity index (χ2v) is 11.0. The van der Waals surface area contributed by atoms with Gasteiger partial charge in [0, 0.05) is 36.7 Å². The Morgan fingerprint density at radius 3 is 2.46 bits per heavy atom. The highest BCUT2D eigenvalue weighted by molar-refractivity contribution is 5.91. The molecule has 0 saturated carbocycles. The van der Waals surface area contributed by atoms with E-state index in [2.05, 4.69) is 15.6 Å². The lowest BCUT2D eigenvalue weighted by Crippen LogP contribution is -2.21. The van der Waals surface area contributed by atoms with E-state index < -0.39 is 18.0 Å². The molecule has 6 aromatic rings. The van der Waals surface area contributed by atoms with Gasteiger partial charge in [0.1, 0.15) is 5.75 Å². The van der Waals surface area contributed by atoms with Gasteiger partial charge in [-0.1, -0.05) is 54.6 Å². The first-order chi connectivity index (χ1) is 22.3. The standard InChI is InChI=1S/C35H32N4O7.2FH/c40-29-14-11-25(26-12-15-32(42)38-33(26)29)30(41)20-36-19-22-9-13-28-31(18-22)46-35(45)39(28)16-4-5-21-8-10-24(23-6-2-1-3-7-23)27(17-21)37-34(43)44;;/h1-3,6-15,17-18,30,36-37,40-41H,4-5,16,19-20H2,(H,38,42)(H,43,44);2*1H/t30-;;/m0../s1. The first-order valence-corrected chi connectivity index (χ1v) is 14.8. The van der Waals surface area contributed by atoms with Crippen molar-refractivity contribution < 1.29 is 33.9 Å². The average Bonchev–Trinajstić information content (AvgIpc) is 3.35. The minimum absolute atomic E-state index is 0. The normalized spacial score (nSPS) is 11.5. The fourth-order valence-electron chi connectivity index (χ4n) is 5.72. The van der Waals surface area contributed by atoms with E-state index in [0.29, 0.717) is 53.7 Å². The van der Waals surface area contributed by atoms with Crippen molar-refractivity contribution in [3.63, 3.8) is 0 Å². The summed E-state index contributed by atoms with van der Waals surface area (Å²) in [5.41, 5.74) is 5.62. The highest BCUT2D eigenvalue weighted by Crippen LogP contribution is 2.30. The summed E-state index contributed by atoms with van der Waals surface area (Å²) >= 11 is 0. The molecule has 4 aromatic carbocycles. The molecule has 0 aliphatic heterocycles. The van der Waals surface area contributed by atoms with E-state index >= 15 is 0 Å². The van der Waals surface area contributed by atoms with Crippen LogP contribution in [-0.2, 0) is 19.5 Å². The molecule has 48 heavy (non-hydrogen) atoms. The first kappa shape index (κ1) is 35.1. The fourth-order valence-corrected chi connectivity index (χ4v) is 5.72. The number of aromatic hydroxyl groups is 1. The summed E-state index contributed by atoms with van der Waals surface area (Å²) in [6.45, 7) is 1.03. The monoisotopic (exact) mass is 660 g/mol. The number of rotatable bonds is 11. The van der Waals surface area contributed by atoms with E-state index in [0.717, 1.165) is 22.3 Å². The number of aliphatic hydroxyl groups is 1. The molecule has 13 heteroatoms. The minimum atomic E-state index is -1.14. The highest BCUT2D eigenvalue weighted by atomic mass is 19.0. The van der Waals surface area contributed by atoms with E-state index in [1.165, 1.54) is 12.1 Å². The number of pyridine rings is 1. The molecule has 11 nitrogen and oxygen atoms in total. The molecular formula is C35H34F2N4O7. The van der Waals surface area contributed by atoms with Crippen molar-refractivity contribution in [2.45, 2.75) is 32.0 Å². The number of aromatic amines is 1. The lowest BCUT2D eigenvalue weighted by atomic mass is 9.99. The van der Waals surface area contributed by atoms with Crippen LogP contribution in [0.4, 0.5) is 19.9 Å². The summed E-state index contributed by atoms with van der Waals surface area (Å²) in [6, 6.07) is 26.7. The topological polar surface area (TPSA) is 170 Å². The first-order valence-electron chi connectivity index (χ1n) is 14.8. The number of aromatic nitrogens is 2. The van der Waals surface area contributed by atoms with Gasteiger partial charge in [-0.05, 0) is 65.4 Å². The number of carbonyl (C=O) groups is 1. The van der Waals surface area contributed by atoms with E-state index in [-0.39, 0.29) is 32.8 Å². The van der Waals surface area contributed by atoms with Crippen LogP contribution in [0.1, 0.15) is 29.2 Å². The zero-order valence-corrected chi connectivity index (χ0v) is 25.5. The molecule has 6 rings (SSSR count). The number of oxazole rings is 1. The number of nitrogens with one attached hydrogen (secondary N) is 3. The number of anilines is 1. The van der Waals surface area contributed by atoms with Gasteiger partial charge in [-0.3, -0.25) is 24.1 Å². The van der Waals surface area contributed by atoms with Gasteiger partial charge in [0.25, 0.3) is 0 Å². The Balaban J connectivity index is 0.00000260. The van der Waals surface area contributed by atoms with Gasteiger partial charge in [-0.25, -0.2) is 9.59 Å². The minimum Gasteiger partial charge on any atom is -0.506 e. The van der Waals surface area contributed by atoms with E-state index in [4.69, 9.17) is 4.42 Å². The van der Waals surface area contributed by atoms with E-state index in [1.54, 1.807) is 22.8 Å². The number of hydrogen-bond donors (Lipinski definition) is 6. The van der Waals surface area contributed by atoms with Crippen molar-refractivity contribution in [3.8, 4) is 16.9 Å². The molecular weight excluding hydrogens is 626 g/mol. The number of aryl methyl sites for hydroxylation is 2. The number of fused-ring (bicyclic) bond motifs is 2. The number of benzene rings is 4. The molecule has 1 atom stereocenters. The molecule has 2 heterocycles. The summed E-state index contributed by atoms with van der Waals surface area (Å²) in [6.07, 6.45) is -0.783. The lowest BCUT2D eigenvalue weighted by Gasteiger charge is -2.15. The van der Waals surface area contributed by atoms with E-state index in [9.17, 15) is 29.7 Å². The molecule has 6 N–H and O–H groups in total. The second kappa shape index (κ2) is 15.2. The number of phenols is 1. The summed E-state index contributed by atoms with van der Waals surface area (Å²) in [5, 5.41) is 36.5. The molecule has 0 radical (unpaired) electrons. The van der Waals surface area contributed by atoms with Gasteiger partial charge in [-0.15, -0.1) is 0 Å². The third-order valence-electron chi connectivity index (χ3n) is 7.92. The van der Waals surface area contributed by atoms with Crippen molar-refractivity contribution in [2.75, 3.05) is 11.9 Å². The summed E-state index contributed by atoms with van der Waals surface area (Å²) in [5.74, 6) is -0.529. The van der Waals surface area contributed by atoms with Crippen LogP contribution in [0.3, 0.4) is 0 Å². The van der Waals surface area contributed by atoms with Crippen molar-refractivity contribution in [1.82, 2.24) is 14.9 Å². The Kier molecular flexibility index (Phi) is 11.1. The fraction of sp³-hybridized carbons (Fsp3) is 0.171. The van der Waals surface area contributed by atoms with Crippen LogP contribution >= 0.6 is 0 Å². The van der Waals surface area contributed by atoms with Crippen LogP contribution in [0, 0.1) is 0 Å². The Labute approximate surface area is 271 Å². The quantitative estimate of drug-likeness (QED) is 0.103. The van der Waals surface area contributed by atoms with Gasteiger partial charge < -0.3 is 30.0 Å². The number of carboxylic acid groups (broad SMARTS) is 1. The second-order valence-electron chi connectivity index (χ2n) is 11.0. The number of halogens is 2. The molecule has 250 valence electrons. The third-order valence-corrected chi connectivity index (χ3v) is 7.92. The molecule has 0 bridgehead atoms. The third kappa shape index (κ3) is 7.60. The molecule has 0 spiro atoms. The highest BCUT2D eigenvalue weighted by Gasteiger charge is 2.15. The Bertz CT molecular complexity index is 2160. The van der Waals surface area contributed by atoms with Gasteiger partial charge in [0.15, 0.2) is 5.58 Å². The number of phenolic OH excluding ortho intramolecular Hbond substituents is 1. The van der Waals surface area contributed by atoms with E-state index in [1.807, 2.05) is 60.7 Å². The predicted molar refractivity (Wildman–Crippen MR) is 180 cm³/mol. The molecule has 1 amide bonds. The SMILES string of the molecule is F.F.O=C(O)Nc1cc(CCCn2c(=O)oc3cc(CNC[C@H](O)c4ccc(O)c5[nH]c(=O)ccc45)ccc32)ccc1-c1ccccc1. The molecule has 0 fully saturated rings. The van der Waals surface area contributed by atoms with Crippen LogP contribution in [0.25, 0.3) is 33.1 Å². The van der Waals surface area contributed by atoms with Crippen LogP contribution in [0.15, 0.2) is 105 Å². The lowest BCUT2D eigenvalue weighted by molar-refractivity contribution is 0.176. The number of H-pyrrole nitrogens is 1. The smallest absolute Gasteiger partial charge is 0.419 e. The maximum atomic E-state index is 12.7. The molecule has 0 aliphatic carbocycles. The van der Waals surface area contributed by atoms with Crippen molar-refractivity contribution >= 4 is 33.8 Å². The molecule has 0 aliphatic rings. The number of amides is 1. The predicted octanol–water partition coefficient (Wildman–Crippen LogP) is 5.66. The summed E-state index contributed by atoms with van der Waals surface area (Å²) in [7, 11) is 0. The zero-order valence-electron chi connectivity index (χ0n) is 25.5. The maximum Gasteiger partial charge on any atom is 0.419 e. The Hall–Kier alpha value is -5.79. The number of hydrogen-bond acceptors (Lipinski definition) is 7. The zero-order chi connectivity index (χ0) is 32.2. The van der Waals surface area contributed by atoms with Crippen molar-refractivity contribution in [1.29, 1.82) is 0 Å². The summed E-state index contributed by atoms with van der Waals surface area (Å²) in [4.78, 5) is 38.4. The van der Waals surface area contributed by atoms with Crippen molar-refractivity contribution in [3.05, 3.63) is 129 Å². The van der Waals surface area contributed by atoms with Gasteiger partial charge in [0.05, 0.1) is 22.8 Å². The van der Waals surface area contributed by atoms with Crippen LogP contribution in [0.2, 0.25) is 0 Å². The van der Waals surface area contributed by atoms with Gasteiger partial charge in [-0.2, -0.15) is 0 Å². The molecule has 0 saturated heterocycles. The molecule has 2 aromatic heterocycles.